The lowest BCUT2D eigenvalue weighted by Crippen LogP contribution is -2.10. The predicted octanol–water partition coefficient (Wildman–Crippen LogP) is 7.38. The van der Waals surface area contributed by atoms with Crippen LogP contribution in [0.25, 0.3) is 10.9 Å². The van der Waals surface area contributed by atoms with Gasteiger partial charge in [0, 0.05) is 28.3 Å². The van der Waals surface area contributed by atoms with Crippen LogP contribution in [-0.4, -0.2) is 22.2 Å². The molecule has 4 nitrogen and oxygen atoms in total. The van der Waals surface area contributed by atoms with E-state index in [1.54, 1.807) is 36.9 Å². The first-order valence-electron chi connectivity index (χ1n) is 10.9. The lowest BCUT2D eigenvalue weighted by atomic mass is 10.1. The summed E-state index contributed by atoms with van der Waals surface area (Å²) in [6.07, 6.45) is 0. The Morgan fingerprint density at radius 3 is 2.53 bits per heavy atom. The van der Waals surface area contributed by atoms with Gasteiger partial charge in [-0.15, -0.1) is 11.8 Å². The van der Waals surface area contributed by atoms with E-state index >= 15 is 0 Å². The van der Waals surface area contributed by atoms with Gasteiger partial charge in [-0.2, -0.15) is 0 Å². The summed E-state index contributed by atoms with van der Waals surface area (Å²) < 4.78 is 21.5. The van der Waals surface area contributed by atoms with Crippen LogP contribution in [-0.2, 0) is 17.0 Å². The number of hydrogen-bond acceptors (Lipinski definition) is 4. The Morgan fingerprint density at radius 1 is 1.12 bits per heavy atom. The second-order valence-corrected chi connectivity index (χ2v) is 10.0. The normalized spacial score (nSPS) is 11.2. The number of aryl methyl sites for hydroxylation is 2. The number of fused-ring (bicyclic) bond motifs is 1. The Kier molecular flexibility index (Phi) is 7.33. The molecule has 0 aliphatic rings. The van der Waals surface area contributed by atoms with Crippen molar-refractivity contribution in [3.8, 4) is 5.75 Å². The lowest BCUT2D eigenvalue weighted by Gasteiger charge is -2.14. The third kappa shape index (κ3) is 5.00. The van der Waals surface area contributed by atoms with Crippen LogP contribution in [0.2, 0.25) is 0 Å². The topological polar surface area (TPSA) is 51.5 Å². The van der Waals surface area contributed by atoms with Crippen molar-refractivity contribution >= 4 is 44.6 Å². The van der Waals surface area contributed by atoms with Crippen molar-refractivity contribution in [1.82, 2.24) is 4.57 Å². The summed E-state index contributed by atoms with van der Waals surface area (Å²) in [6.45, 7) is 6.59. The summed E-state index contributed by atoms with van der Waals surface area (Å²) in [5.41, 5.74) is 5.28. The number of phenolic OH excluding ortho intramolecular Hbond substituents is 1. The molecule has 0 aliphatic heterocycles. The van der Waals surface area contributed by atoms with Crippen LogP contribution in [0.3, 0.4) is 0 Å². The molecule has 3 aromatic carbocycles. The molecule has 1 heterocycles. The molecular weight excluding hydrogens is 517 g/mol. The maximum Gasteiger partial charge on any atom is 0.340 e. The third-order valence-electron chi connectivity index (χ3n) is 5.67. The summed E-state index contributed by atoms with van der Waals surface area (Å²) >= 11 is 5.05. The minimum absolute atomic E-state index is 0.0468. The van der Waals surface area contributed by atoms with E-state index in [4.69, 9.17) is 4.74 Å². The molecule has 0 fully saturated rings. The van der Waals surface area contributed by atoms with E-state index in [2.05, 4.69) is 52.5 Å². The number of aromatic nitrogens is 1. The highest BCUT2D eigenvalue weighted by Crippen LogP contribution is 2.38. The smallest absolute Gasteiger partial charge is 0.340 e. The van der Waals surface area contributed by atoms with Gasteiger partial charge in [0.05, 0.1) is 22.2 Å². The summed E-state index contributed by atoms with van der Waals surface area (Å²) in [4.78, 5) is 14.2. The zero-order valence-electron chi connectivity index (χ0n) is 19.2. The van der Waals surface area contributed by atoms with Gasteiger partial charge in [-0.05, 0) is 78.2 Å². The minimum Gasteiger partial charge on any atom is -0.507 e. The second kappa shape index (κ2) is 10.2. The number of benzene rings is 3. The summed E-state index contributed by atoms with van der Waals surface area (Å²) in [5.74, 6) is -0.160. The Balaban J connectivity index is 1.88. The van der Waals surface area contributed by atoms with Crippen molar-refractivity contribution in [3.05, 3.63) is 92.8 Å². The van der Waals surface area contributed by atoms with Crippen LogP contribution >= 0.6 is 27.7 Å². The molecule has 0 atom stereocenters. The molecule has 4 aromatic rings. The van der Waals surface area contributed by atoms with Gasteiger partial charge in [0.25, 0.3) is 0 Å². The van der Waals surface area contributed by atoms with E-state index < -0.39 is 5.97 Å². The number of halogens is 2. The molecule has 34 heavy (non-hydrogen) atoms. The highest BCUT2D eigenvalue weighted by molar-refractivity contribution is 9.10. The van der Waals surface area contributed by atoms with Gasteiger partial charge in [-0.1, -0.05) is 29.8 Å². The molecule has 0 aliphatic carbocycles. The Labute approximate surface area is 210 Å². The maximum absolute atomic E-state index is 13.5. The Hall–Kier alpha value is -2.77. The summed E-state index contributed by atoms with van der Waals surface area (Å²) in [6, 6.07) is 16.0. The molecule has 0 bridgehead atoms. The third-order valence-corrected chi connectivity index (χ3v) is 7.49. The quantitative estimate of drug-likeness (QED) is 0.196. The fourth-order valence-electron chi connectivity index (χ4n) is 4.05. The van der Waals surface area contributed by atoms with Gasteiger partial charge in [-0.3, -0.25) is 0 Å². The molecule has 0 unspecified atom stereocenters. The van der Waals surface area contributed by atoms with Crippen molar-refractivity contribution in [2.24, 2.45) is 0 Å². The first-order chi connectivity index (χ1) is 16.3. The molecule has 176 valence electrons. The van der Waals surface area contributed by atoms with Crippen LogP contribution < -0.4 is 0 Å². The highest BCUT2D eigenvalue weighted by Gasteiger charge is 2.25. The second-order valence-electron chi connectivity index (χ2n) is 8.13. The van der Waals surface area contributed by atoms with Gasteiger partial charge in [0.15, 0.2) is 0 Å². The molecule has 0 spiro atoms. The first kappa shape index (κ1) is 24.4. The molecule has 0 amide bonds. The molecular formula is C27H25BrFNO3S. The molecule has 7 heteroatoms. The van der Waals surface area contributed by atoms with Gasteiger partial charge >= 0.3 is 5.97 Å². The highest BCUT2D eigenvalue weighted by atomic mass is 79.9. The van der Waals surface area contributed by atoms with E-state index in [1.165, 1.54) is 23.3 Å². The number of rotatable bonds is 7. The number of carbonyl (C=O) groups is 1. The number of nitrogens with zero attached hydrogens (tertiary/aromatic N) is 1. The van der Waals surface area contributed by atoms with Crippen LogP contribution in [0, 0.1) is 19.7 Å². The number of aromatic hydroxyl groups is 1. The number of hydrogen-bond donors (Lipinski definition) is 1. The van der Waals surface area contributed by atoms with E-state index in [-0.39, 0.29) is 18.2 Å². The number of ether oxygens (including phenoxy) is 1. The van der Waals surface area contributed by atoms with Crippen LogP contribution in [0.5, 0.6) is 5.75 Å². The average Bonchev–Trinajstić information content (AvgIpc) is 3.07. The zero-order chi connectivity index (χ0) is 24.4. The van der Waals surface area contributed by atoms with Crippen molar-refractivity contribution in [2.75, 3.05) is 6.61 Å². The summed E-state index contributed by atoms with van der Waals surface area (Å²) in [7, 11) is 0. The SMILES string of the molecule is CCOC(=O)c1c(CSc2ccc(C)cc2C)n(Cc2ccc(F)cc2)c2cc(Br)c(O)cc12. The molecule has 0 saturated carbocycles. The fraction of sp³-hybridized carbons (Fsp3) is 0.222. The van der Waals surface area contributed by atoms with Gasteiger partial charge in [0.2, 0.25) is 0 Å². The minimum atomic E-state index is -0.427. The number of esters is 1. The average molecular weight is 542 g/mol. The van der Waals surface area contributed by atoms with Crippen molar-refractivity contribution < 1.29 is 19.0 Å². The number of carbonyl (C=O) groups excluding carboxylic acids is 1. The lowest BCUT2D eigenvalue weighted by molar-refractivity contribution is 0.0527. The van der Waals surface area contributed by atoms with E-state index in [0.29, 0.717) is 27.7 Å². The fourth-order valence-corrected chi connectivity index (χ4v) is 5.43. The van der Waals surface area contributed by atoms with Crippen molar-refractivity contribution in [3.63, 3.8) is 0 Å². The predicted molar refractivity (Wildman–Crippen MR) is 138 cm³/mol. The maximum atomic E-state index is 13.5. The molecule has 4 rings (SSSR count). The number of thioether (sulfide) groups is 1. The standard InChI is InChI=1S/C27H25BrFNO3S/c1-4-33-27(32)26-20-12-24(31)21(28)13-22(20)30(14-18-6-8-19(29)9-7-18)23(26)15-34-25-10-5-16(2)11-17(25)3/h5-13,31H,4,14-15H2,1-3H3. The van der Waals surface area contributed by atoms with Crippen molar-refractivity contribution in [1.29, 1.82) is 0 Å². The van der Waals surface area contributed by atoms with E-state index in [1.807, 2.05) is 6.07 Å². The van der Waals surface area contributed by atoms with Gasteiger partial charge in [-0.25, -0.2) is 9.18 Å². The van der Waals surface area contributed by atoms with Crippen LogP contribution in [0.15, 0.2) is 64.0 Å². The Bertz CT molecular complexity index is 1370. The summed E-state index contributed by atoms with van der Waals surface area (Å²) in [5, 5.41) is 11.0. The monoisotopic (exact) mass is 541 g/mol. The van der Waals surface area contributed by atoms with E-state index in [0.717, 1.165) is 21.7 Å². The zero-order valence-corrected chi connectivity index (χ0v) is 21.6. The molecule has 0 radical (unpaired) electrons. The Morgan fingerprint density at radius 2 is 1.85 bits per heavy atom. The van der Waals surface area contributed by atoms with Gasteiger partial charge in [0.1, 0.15) is 11.6 Å². The van der Waals surface area contributed by atoms with E-state index in [9.17, 15) is 14.3 Å². The molecule has 1 N–H and O–H groups in total. The molecule has 0 saturated heterocycles. The van der Waals surface area contributed by atoms with Crippen LogP contribution in [0.1, 0.15) is 39.7 Å². The van der Waals surface area contributed by atoms with Crippen LogP contribution in [0.4, 0.5) is 4.39 Å². The van der Waals surface area contributed by atoms with Gasteiger partial charge < -0.3 is 14.4 Å². The number of phenols is 1. The van der Waals surface area contributed by atoms with Crippen molar-refractivity contribution in [2.45, 2.75) is 38.0 Å². The molecule has 1 aromatic heterocycles. The largest absolute Gasteiger partial charge is 0.507 e. The first-order valence-corrected chi connectivity index (χ1v) is 12.7.